The van der Waals surface area contributed by atoms with Crippen molar-refractivity contribution in [3.8, 4) is 0 Å². The minimum Gasteiger partial charge on any atom is -0.379 e. The topological polar surface area (TPSA) is 96.5 Å². The summed E-state index contributed by atoms with van der Waals surface area (Å²) in [6.07, 6.45) is 0.820. The first-order chi connectivity index (χ1) is 8.47. The molecule has 0 rings (SSSR count). The van der Waals surface area contributed by atoms with E-state index < -0.39 is 5.54 Å². The highest BCUT2D eigenvalue weighted by Gasteiger charge is 2.24. The lowest BCUT2D eigenvalue weighted by Crippen LogP contribution is -2.49. The van der Waals surface area contributed by atoms with Crippen molar-refractivity contribution in [1.82, 2.24) is 0 Å². The summed E-state index contributed by atoms with van der Waals surface area (Å²) in [6, 6.07) is 0. The van der Waals surface area contributed by atoms with Crippen LogP contribution in [-0.2, 0) is 9.47 Å². The van der Waals surface area contributed by atoms with Crippen molar-refractivity contribution in [3.05, 3.63) is 0 Å². The van der Waals surface area contributed by atoms with Crippen molar-refractivity contribution >= 4 is 0 Å². The molecule has 2 atom stereocenters. The molecule has 5 nitrogen and oxygen atoms in total. The first kappa shape index (κ1) is 17.8. The second-order valence-corrected chi connectivity index (χ2v) is 5.43. The van der Waals surface area contributed by atoms with Crippen LogP contribution in [0, 0.1) is 11.8 Å². The highest BCUT2D eigenvalue weighted by atomic mass is 16.5. The molecule has 0 amide bonds. The molecule has 18 heavy (non-hydrogen) atoms. The largest absolute Gasteiger partial charge is 0.379 e. The van der Waals surface area contributed by atoms with Gasteiger partial charge in [-0.3, -0.25) is 0 Å². The summed E-state index contributed by atoms with van der Waals surface area (Å²) < 4.78 is 11.2. The van der Waals surface area contributed by atoms with Crippen LogP contribution in [0.4, 0.5) is 0 Å². The van der Waals surface area contributed by atoms with Gasteiger partial charge in [0.05, 0.1) is 32.0 Å². The number of nitrogens with two attached hydrogens (primary N) is 3. The lowest BCUT2D eigenvalue weighted by atomic mass is 10.00. The molecule has 0 aromatic rings. The van der Waals surface area contributed by atoms with E-state index in [0.29, 0.717) is 51.4 Å². The molecular formula is C13H31N3O2. The second kappa shape index (κ2) is 9.69. The Balaban J connectivity index is 3.87. The third-order valence-corrected chi connectivity index (χ3v) is 3.09. The number of hydrogen-bond acceptors (Lipinski definition) is 5. The first-order valence-corrected chi connectivity index (χ1v) is 6.82. The van der Waals surface area contributed by atoms with Crippen molar-refractivity contribution in [2.24, 2.45) is 29.0 Å². The van der Waals surface area contributed by atoms with Gasteiger partial charge in [-0.2, -0.15) is 0 Å². The van der Waals surface area contributed by atoms with Gasteiger partial charge in [-0.05, 0) is 31.3 Å². The Morgan fingerprint density at radius 2 is 1.33 bits per heavy atom. The van der Waals surface area contributed by atoms with Gasteiger partial charge in [0.15, 0.2) is 0 Å². The van der Waals surface area contributed by atoms with Crippen molar-refractivity contribution in [2.75, 3.05) is 39.5 Å². The number of rotatable bonds is 11. The molecule has 0 saturated carbocycles. The maximum Gasteiger partial charge on any atom is 0.0668 e. The molecule has 0 aromatic carbocycles. The van der Waals surface area contributed by atoms with E-state index >= 15 is 0 Å². The fourth-order valence-electron chi connectivity index (χ4n) is 1.31. The predicted octanol–water partition coefficient (Wildman–Crippen LogP) is 0.317. The molecule has 0 spiro atoms. The van der Waals surface area contributed by atoms with E-state index in [0.717, 1.165) is 6.42 Å². The standard InChI is InChI=1S/C13H31N3O2/c1-4-13(16,9-17-7-11(2)5-14)10-18-8-12(3)6-15/h11-12H,4-10,14-16H2,1-3H3. The van der Waals surface area contributed by atoms with Gasteiger partial charge >= 0.3 is 0 Å². The van der Waals surface area contributed by atoms with Gasteiger partial charge < -0.3 is 26.7 Å². The van der Waals surface area contributed by atoms with Crippen LogP contribution in [-0.4, -0.2) is 45.1 Å². The lowest BCUT2D eigenvalue weighted by molar-refractivity contribution is 0.00539. The van der Waals surface area contributed by atoms with Gasteiger partial charge in [-0.25, -0.2) is 0 Å². The smallest absolute Gasteiger partial charge is 0.0668 e. The summed E-state index contributed by atoms with van der Waals surface area (Å²) in [7, 11) is 0. The molecule has 0 saturated heterocycles. The van der Waals surface area contributed by atoms with Crippen molar-refractivity contribution < 1.29 is 9.47 Å². The molecule has 6 N–H and O–H groups in total. The van der Waals surface area contributed by atoms with E-state index in [1.807, 2.05) is 6.92 Å². The molecular weight excluding hydrogens is 230 g/mol. The van der Waals surface area contributed by atoms with Gasteiger partial charge in [0.2, 0.25) is 0 Å². The summed E-state index contributed by atoms with van der Waals surface area (Å²) in [6.45, 7) is 9.74. The molecule has 0 aliphatic rings. The van der Waals surface area contributed by atoms with Crippen LogP contribution < -0.4 is 17.2 Å². The van der Waals surface area contributed by atoms with E-state index in [-0.39, 0.29) is 0 Å². The molecule has 0 heterocycles. The highest BCUT2D eigenvalue weighted by Crippen LogP contribution is 2.09. The van der Waals surface area contributed by atoms with E-state index in [1.54, 1.807) is 0 Å². The van der Waals surface area contributed by atoms with Crippen LogP contribution in [0.3, 0.4) is 0 Å². The maximum absolute atomic E-state index is 6.24. The van der Waals surface area contributed by atoms with Crippen LogP contribution in [0.15, 0.2) is 0 Å². The molecule has 0 fully saturated rings. The average Bonchev–Trinajstić information content (AvgIpc) is 2.38. The van der Waals surface area contributed by atoms with Crippen LogP contribution in [0.2, 0.25) is 0 Å². The monoisotopic (exact) mass is 261 g/mol. The maximum atomic E-state index is 6.24. The fraction of sp³-hybridized carbons (Fsp3) is 1.00. The zero-order chi connectivity index (χ0) is 14.0. The fourth-order valence-corrected chi connectivity index (χ4v) is 1.31. The zero-order valence-corrected chi connectivity index (χ0v) is 12.2. The van der Waals surface area contributed by atoms with Gasteiger partial charge in [0.25, 0.3) is 0 Å². The van der Waals surface area contributed by atoms with Crippen LogP contribution in [0.1, 0.15) is 27.2 Å². The Bertz CT molecular complexity index is 187. The highest BCUT2D eigenvalue weighted by molar-refractivity contribution is 4.82. The van der Waals surface area contributed by atoms with Gasteiger partial charge in [0.1, 0.15) is 0 Å². The van der Waals surface area contributed by atoms with Gasteiger partial charge in [0, 0.05) is 0 Å². The molecule has 0 bridgehead atoms. The summed E-state index contributed by atoms with van der Waals surface area (Å²) in [4.78, 5) is 0. The Morgan fingerprint density at radius 3 is 1.61 bits per heavy atom. The van der Waals surface area contributed by atoms with Crippen LogP contribution in [0.5, 0.6) is 0 Å². The Kier molecular flexibility index (Phi) is 9.59. The zero-order valence-electron chi connectivity index (χ0n) is 12.2. The van der Waals surface area contributed by atoms with E-state index in [1.165, 1.54) is 0 Å². The Labute approximate surface area is 111 Å². The van der Waals surface area contributed by atoms with Crippen molar-refractivity contribution in [3.63, 3.8) is 0 Å². The molecule has 0 aliphatic carbocycles. The molecule has 5 heteroatoms. The summed E-state index contributed by atoms with van der Waals surface area (Å²) in [5.74, 6) is 0.730. The summed E-state index contributed by atoms with van der Waals surface area (Å²) in [5.41, 5.74) is 16.9. The molecule has 0 aliphatic heterocycles. The van der Waals surface area contributed by atoms with E-state index in [9.17, 15) is 0 Å². The third-order valence-electron chi connectivity index (χ3n) is 3.09. The predicted molar refractivity (Wildman–Crippen MR) is 75.3 cm³/mol. The molecule has 110 valence electrons. The summed E-state index contributed by atoms with van der Waals surface area (Å²) in [5, 5.41) is 0. The van der Waals surface area contributed by atoms with E-state index in [4.69, 9.17) is 26.7 Å². The Morgan fingerprint density at radius 1 is 0.944 bits per heavy atom. The minimum atomic E-state index is -0.414. The first-order valence-electron chi connectivity index (χ1n) is 6.82. The molecule has 2 unspecified atom stereocenters. The number of ether oxygens (including phenoxy) is 2. The Hall–Kier alpha value is -0.200. The third kappa shape index (κ3) is 8.00. The quantitative estimate of drug-likeness (QED) is 0.497. The van der Waals surface area contributed by atoms with Gasteiger partial charge in [-0.1, -0.05) is 20.8 Å². The lowest BCUT2D eigenvalue weighted by Gasteiger charge is -2.28. The SMILES string of the molecule is CCC(N)(COCC(C)CN)COCC(C)CN. The van der Waals surface area contributed by atoms with E-state index in [2.05, 4.69) is 13.8 Å². The van der Waals surface area contributed by atoms with Crippen LogP contribution >= 0.6 is 0 Å². The van der Waals surface area contributed by atoms with Crippen LogP contribution in [0.25, 0.3) is 0 Å². The van der Waals surface area contributed by atoms with Crippen molar-refractivity contribution in [1.29, 1.82) is 0 Å². The summed E-state index contributed by atoms with van der Waals surface area (Å²) >= 11 is 0. The normalized spacial score (nSPS) is 18.3. The van der Waals surface area contributed by atoms with Gasteiger partial charge in [-0.15, -0.1) is 0 Å². The molecule has 0 aromatic heterocycles. The molecule has 0 radical (unpaired) electrons. The van der Waals surface area contributed by atoms with Crippen molar-refractivity contribution in [2.45, 2.75) is 32.7 Å². The average molecular weight is 261 g/mol. The number of hydrogen-bond donors (Lipinski definition) is 3. The minimum absolute atomic E-state index is 0.365. The second-order valence-electron chi connectivity index (χ2n) is 5.43.